The van der Waals surface area contributed by atoms with Gasteiger partial charge in [0.1, 0.15) is 17.2 Å². The van der Waals surface area contributed by atoms with Gasteiger partial charge in [-0.2, -0.15) is 5.10 Å². The Labute approximate surface area is 138 Å². The number of hydrogen-bond acceptors (Lipinski definition) is 7. The van der Waals surface area contributed by atoms with Gasteiger partial charge < -0.3 is 0 Å². The number of piperidine rings is 1. The minimum absolute atomic E-state index is 0.0415. The summed E-state index contributed by atoms with van der Waals surface area (Å²) in [7, 11) is 0. The molecule has 0 unspecified atom stereocenters. The molecule has 9 heteroatoms. The van der Waals surface area contributed by atoms with Crippen molar-refractivity contribution in [2.45, 2.75) is 45.7 Å². The van der Waals surface area contributed by atoms with Crippen molar-refractivity contribution in [3.63, 3.8) is 0 Å². The van der Waals surface area contributed by atoms with E-state index in [1.807, 2.05) is 18.5 Å². The van der Waals surface area contributed by atoms with E-state index in [2.05, 4.69) is 30.5 Å². The highest BCUT2D eigenvalue weighted by Crippen LogP contribution is 2.19. The minimum Gasteiger partial charge on any atom is -0.299 e. The molecule has 1 aliphatic rings. The van der Waals surface area contributed by atoms with E-state index in [1.54, 1.807) is 5.51 Å². The molecule has 2 aromatic rings. The Morgan fingerprint density at radius 1 is 1.43 bits per heavy atom. The molecule has 3 rings (SSSR count). The summed E-state index contributed by atoms with van der Waals surface area (Å²) in [6, 6.07) is 0.309. The Bertz CT molecular complexity index is 654. The van der Waals surface area contributed by atoms with Gasteiger partial charge in [0, 0.05) is 6.04 Å². The van der Waals surface area contributed by atoms with Gasteiger partial charge in [-0.3, -0.25) is 15.0 Å². The Balaban J connectivity index is 1.61. The Kier molecular flexibility index (Phi) is 4.97. The fourth-order valence-corrected chi connectivity index (χ4v) is 3.44. The third kappa shape index (κ3) is 4.11. The van der Waals surface area contributed by atoms with Gasteiger partial charge in [-0.05, 0) is 33.2 Å². The number of nitrogens with one attached hydrogen (secondary N) is 1. The second-order valence-electron chi connectivity index (χ2n) is 5.80. The van der Waals surface area contributed by atoms with Gasteiger partial charge in [0.25, 0.3) is 0 Å². The number of likely N-dealkylation sites (tertiary alicyclic amines) is 1. The molecule has 1 N–H and O–H groups in total. The number of nitrogens with zero attached hydrogens (tertiary/aromatic N) is 6. The number of rotatable bonds is 5. The van der Waals surface area contributed by atoms with Crippen LogP contribution in [0.25, 0.3) is 0 Å². The molecule has 3 heterocycles. The molecule has 0 saturated carbocycles. The fourth-order valence-electron chi connectivity index (χ4n) is 2.98. The average molecular weight is 335 g/mol. The molecule has 0 radical (unpaired) electrons. The molecule has 8 nitrogen and oxygen atoms in total. The van der Waals surface area contributed by atoms with Crippen LogP contribution in [0.4, 0.5) is 5.13 Å². The highest BCUT2D eigenvalue weighted by Gasteiger charge is 2.25. The molecule has 0 aromatic carbocycles. The summed E-state index contributed by atoms with van der Waals surface area (Å²) in [6.45, 7) is 5.95. The van der Waals surface area contributed by atoms with Crippen LogP contribution in [0.1, 0.15) is 30.9 Å². The van der Waals surface area contributed by atoms with Gasteiger partial charge in [-0.25, -0.2) is 9.67 Å². The highest BCUT2D eigenvalue weighted by molar-refractivity contribution is 7.13. The van der Waals surface area contributed by atoms with Crippen LogP contribution in [0.5, 0.6) is 0 Å². The van der Waals surface area contributed by atoms with Crippen molar-refractivity contribution in [2.24, 2.45) is 0 Å². The lowest BCUT2D eigenvalue weighted by Gasteiger charge is -2.35. The van der Waals surface area contributed by atoms with Crippen LogP contribution in [0, 0.1) is 13.8 Å². The highest BCUT2D eigenvalue weighted by atomic mass is 32.1. The SMILES string of the molecule is Cc1nc(C)n(C[C@@H]2CCCCN2CC(=O)Nc2nncs2)n1. The van der Waals surface area contributed by atoms with E-state index in [-0.39, 0.29) is 5.91 Å². The van der Waals surface area contributed by atoms with Gasteiger partial charge in [-0.1, -0.05) is 17.8 Å². The van der Waals surface area contributed by atoms with Crippen LogP contribution < -0.4 is 5.32 Å². The molecule has 2 aromatic heterocycles. The van der Waals surface area contributed by atoms with Crippen molar-refractivity contribution in [1.29, 1.82) is 0 Å². The number of amides is 1. The predicted octanol–water partition coefficient (Wildman–Crippen LogP) is 1.24. The maximum Gasteiger partial charge on any atom is 0.240 e. The summed E-state index contributed by atoms with van der Waals surface area (Å²) in [6.07, 6.45) is 3.38. The zero-order valence-corrected chi connectivity index (χ0v) is 14.2. The van der Waals surface area contributed by atoms with E-state index in [0.717, 1.165) is 37.6 Å². The normalized spacial score (nSPS) is 19.0. The van der Waals surface area contributed by atoms with Crippen LogP contribution in [-0.4, -0.2) is 54.9 Å². The maximum absolute atomic E-state index is 12.2. The van der Waals surface area contributed by atoms with Crippen LogP contribution in [0.2, 0.25) is 0 Å². The maximum atomic E-state index is 12.2. The van der Waals surface area contributed by atoms with Gasteiger partial charge >= 0.3 is 0 Å². The molecular formula is C14H21N7OS. The molecule has 1 aliphatic heterocycles. The first-order valence-electron chi connectivity index (χ1n) is 7.80. The number of aryl methyl sites for hydroxylation is 2. The third-order valence-corrected chi connectivity index (χ3v) is 4.66. The molecular weight excluding hydrogens is 314 g/mol. The molecule has 23 heavy (non-hydrogen) atoms. The van der Waals surface area contributed by atoms with Gasteiger partial charge in [0.15, 0.2) is 0 Å². The molecule has 1 amide bonds. The van der Waals surface area contributed by atoms with Gasteiger partial charge in [0.05, 0.1) is 13.1 Å². The van der Waals surface area contributed by atoms with Gasteiger partial charge in [-0.15, -0.1) is 10.2 Å². The molecule has 0 aliphatic carbocycles. The van der Waals surface area contributed by atoms with Crippen molar-refractivity contribution in [1.82, 2.24) is 29.9 Å². The minimum atomic E-state index is -0.0415. The number of hydrogen-bond donors (Lipinski definition) is 1. The van der Waals surface area contributed by atoms with Gasteiger partial charge in [0.2, 0.25) is 11.0 Å². The monoisotopic (exact) mass is 335 g/mol. The largest absolute Gasteiger partial charge is 0.299 e. The molecule has 1 atom stereocenters. The Hall–Kier alpha value is -1.87. The smallest absolute Gasteiger partial charge is 0.240 e. The van der Waals surface area contributed by atoms with Crippen molar-refractivity contribution in [3.05, 3.63) is 17.2 Å². The summed E-state index contributed by atoms with van der Waals surface area (Å²) in [5, 5.41) is 15.4. The van der Waals surface area contributed by atoms with E-state index in [9.17, 15) is 4.79 Å². The number of anilines is 1. The average Bonchev–Trinajstić information content (AvgIpc) is 3.11. The number of carbonyl (C=O) groups excluding carboxylic acids is 1. The second-order valence-corrected chi connectivity index (χ2v) is 6.63. The number of carbonyl (C=O) groups is 1. The predicted molar refractivity (Wildman–Crippen MR) is 87.2 cm³/mol. The van der Waals surface area contributed by atoms with Crippen molar-refractivity contribution in [2.75, 3.05) is 18.4 Å². The first-order valence-corrected chi connectivity index (χ1v) is 8.68. The van der Waals surface area contributed by atoms with Crippen molar-refractivity contribution in [3.8, 4) is 0 Å². The first kappa shape index (κ1) is 16.0. The summed E-state index contributed by atoms with van der Waals surface area (Å²) >= 11 is 1.33. The molecule has 1 fully saturated rings. The summed E-state index contributed by atoms with van der Waals surface area (Å²) in [5.41, 5.74) is 1.61. The van der Waals surface area contributed by atoms with E-state index in [4.69, 9.17) is 0 Å². The fraction of sp³-hybridized carbons (Fsp3) is 0.643. The van der Waals surface area contributed by atoms with Crippen LogP contribution in [0.15, 0.2) is 5.51 Å². The quantitative estimate of drug-likeness (QED) is 0.884. The zero-order valence-electron chi connectivity index (χ0n) is 13.4. The summed E-state index contributed by atoms with van der Waals surface area (Å²) < 4.78 is 1.95. The zero-order chi connectivity index (χ0) is 16.2. The topological polar surface area (TPSA) is 88.8 Å². The van der Waals surface area contributed by atoms with Crippen LogP contribution in [0.3, 0.4) is 0 Å². The Morgan fingerprint density at radius 3 is 3.00 bits per heavy atom. The summed E-state index contributed by atoms with van der Waals surface area (Å²) in [4.78, 5) is 18.8. The van der Waals surface area contributed by atoms with Crippen molar-refractivity contribution < 1.29 is 4.79 Å². The first-order chi connectivity index (χ1) is 11.1. The van der Waals surface area contributed by atoms with E-state index in [1.165, 1.54) is 17.8 Å². The lowest BCUT2D eigenvalue weighted by molar-refractivity contribution is -0.118. The molecule has 124 valence electrons. The lowest BCUT2D eigenvalue weighted by Crippen LogP contribution is -2.46. The lowest BCUT2D eigenvalue weighted by atomic mass is 10.0. The van der Waals surface area contributed by atoms with E-state index < -0.39 is 0 Å². The third-order valence-electron chi connectivity index (χ3n) is 4.05. The standard InChI is InChI=1S/C14H21N7OS/c1-10-16-11(2)21(19-10)7-12-5-3-4-6-20(12)8-13(22)17-14-18-15-9-23-14/h9,12H,3-8H2,1-2H3,(H,17,18,22)/t12-/m0/s1. The molecule has 0 spiro atoms. The Morgan fingerprint density at radius 2 is 2.30 bits per heavy atom. The number of aromatic nitrogens is 5. The molecule has 0 bridgehead atoms. The van der Waals surface area contributed by atoms with Crippen molar-refractivity contribution >= 4 is 22.4 Å². The van der Waals surface area contributed by atoms with Crippen LogP contribution in [-0.2, 0) is 11.3 Å². The summed E-state index contributed by atoms with van der Waals surface area (Å²) in [5.74, 6) is 1.67. The van der Waals surface area contributed by atoms with E-state index >= 15 is 0 Å². The molecule has 1 saturated heterocycles. The van der Waals surface area contributed by atoms with E-state index in [0.29, 0.717) is 17.7 Å². The second kappa shape index (κ2) is 7.14. The van der Waals surface area contributed by atoms with Crippen LogP contribution >= 0.6 is 11.3 Å².